The number of rotatable bonds is 7. The van der Waals surface area contributed by atoms with Crippen LogP contribution in [0.25, 0.3) is 0 Å². The van der Waals surface area contributed by atoms with Gasteiger partial charge in [0.1, 0.15) is 6.61 Å². The molecule has 1 aliphatic carbocycles. The second kappa shape index (κ2) is 6.35. The van der Waals surface area contributed by atoms with E-state index in [0.29, 0.717) is 12.6 Å². The van der Waals surface area contributed by atoms with Crippen molar-refractivity contribution in [3.05, 3.63) is 22.9 Å². The van der Waals surface area contributed by atoms with Crippen LogP contribution in [-0.2, 0) is 6.54 Å². The Morgan fingerprint density at radius 1 is 1.37 bits per heavy atom. The lowest BCUT2D eigenvalue weighted by Crippen LogP contribution is -2.22. The van der Waals surface area contributed by atoms with Crippen molar-refractivity contribution in [2.75, 3.05) is 27.2 Å². The van der Waals surface area contributed by atoms with Crippen molar-refractivity contribution in [3.63, 3.8) is 0 Å². The molecule has 0 bridgehead atoms. The molecule has 2 rings (SSSR count). The number of hydrogen-bond acceptors (Lipinski definition) is 4. The van der Waals surface area contributed by atoms with Crippen LogP contribution in [0.15, 0.2) is 6.07 Å². The molecule has 0 unspecified atom stereocenters. The number of likely N-dealkylation sites (N-methyl/N-ethyl adjacent to an activating group) is 1. The highest BCUT2D eigenvalue weighted by Gasteiger charge is 2.21. The summed E-state index contributed by atoms with van der Waals surface area (Å²) in [6, 6.07) is 2.83. The summed E-state index contributed by atoms with van der Waals surface area (Å²) in [5.41, 5.74) is 3.49. The van der Waals surface area contributed by atoms with Crippen LogP contribution in [0, 0.1) is 13.8 Å². The molecule has 0 aliphatic heterocycles. The van der Waals surface area contributed by atoms with Crippen molar-refractivity contribution in [2.45, 2.75) is 39.3 Å². The zero-order valence-corrected chi connectivity index (χ0v) is 12.5. The molecule has 1 aromatic rings. The number of pyridine rings is 1. The van der Waals surface area contributed by atoms with Gasteiger partial charge in [0.05, 0.1) is 0 Å². The molecule has 0 spiro atoms. The van der Waals surface area contributed by atoms with Gasteiger partial charge >= 0.3 is 0 Å². The third-order valence-corrected chi connectivity index (χ3v) is 3.36. The van der Waals surface area contributed by atoms with Crippen molar-refractivity contribution in [1.82, 2.24) is 15.2 Å². The van der Waals surface area contributed by atoms with Gasteiger partial charge in [0.15, 0.2) is 0 Å². The van der Waals surface area contributed by atoms with E-state index in [1.54, 1.807) is 0 Å². The van der Waals surface area contributed by atoms with E-state index in [1.165, 1.54) is 24.0 Å². The van der Waals surface area contributed by atoms with Crippen molar-refractivity contribution < 1.29 is 4.74 Å². The quantitative estimate of drug-likeness (QED) is 0.815. The summed E-state index contributed by atoms with van der Waals surface area (Å²) in [6.07, 6.45) is 2.60. The highest BCUT2D eigenvalue weighted by Crippen LogP contribution is 2.24. The fraction of sp³-hybridized carbons (Fsp3) is 0.667. The van der Waals surface area contributed by atoms with Crippen LogP contribution in [0.3, 0.4) is 0 Å². The van der Waals surface area contributed by atoms with Gasteiger partial charge in [0.25, 0.3) is 0 Å². The van der Waals surface area contributed by atoms with Crippen LogP contribution in [0.4, 0.5) is 0 Å². The molecule has 1 aromatic heterocycles. The van der Waals surface area contributed by atoms with Crippen molar-refractivity contribution in [3.8, 4) is 5.88 Å². The van der Waals surface area contributed by atoms with Crippen LogP contribution in [-0.4, -0.2) is 43.2 Å². The SMILES string of the molecule is Cc1cc(C)c(CNC2CC2)c(OCCN(C)C)n1. The van der Waals surface area contributed by atoms with E-state index in [1.807, 2.05) is 21.0 Å². The fourth-order valence-corrected chi connectivity index (χ4v) is 2.02. The maximum absolute atomic E-state index is 5.87. The van der Waals surface area contributed by atoms with Gasteiger partial charge < -0.3 is 15.0 Å². The second-order valence-electron chi connectivity index (χ2n) is 5.67. The lowest BCUT2D eigenvalue weighted by Gasteiger charge is -2.16. The standard InChI is InChI=1S/C15H25N3O/c1-11-9-12(2)17-15(19-8-7-18(3)4)14(11)10-16-13-5-6-13/h9,13,16H,5-8,10H2,1-4H3. The van der Waals surface area contributed by atoms with Crippen LogP contribution in [0.1, 0.15) is 29.7 Å². The number of hydrogen-bond donors (Lipinski definition) is 1. The highest BCUT2D eigenvalue weighted by atomic mass is 16.5. The van der Waals surface area contributed by atoms with Crippen molar-refractivity contribution in [2.24, 2.45) is 0 Å². The molecule has 106 valence electrons. The first-order valence-electron chi connectivity index (χ1n) is 7.04. The second-order valence-corrected chi connectivity index (χ2v) is 5.67. The molecule has 1 saturated carbocycles. The molecule has 0 saturated heterocycles. The first-order valence-corrected chi connectivity index (χ1v) is 7.04. The summed E-state index contributed by atoms with van der Waals surface area (Å²) in [7, 11) is 4.10. The van der Waals surface area contributed by atoms with E-state index in [-0.39, 0.29) is 0 Å². The summed E-state index contributed by atoms with van der Waals surface area (Å²) in [6.45, 7) is 6.60. The Balaban J connectivity index is 2.03. The smallest absolute Gasteiger partial charge is 0.218 e. The van der Waals surface area contributed by atoms with Gasteiger partial charge in [-0.25, -0.2) is 4.98 Å². The van der Waals surface area contributed by atoms with E-state index in [4.69, 9.17) is 4.74 Å². The Kier molecular flexibility index (Phi) is 4.77. The third-order valence-electron chi connectivity index (χ3n) is 3.36. The van der Waals surface area contributed by atoms with Gasteiger partial charge in [0.2, 0.25) is 5.88 Å². The first kappa shape index (κ1) is 14.3. The summed E-state index contributed by atoms with van der Waals surface area (Å²) in [4.78, 5) is 6.66. The molecule has 1 heterocycles. The lowest BCUT2D eigenvalue weighted by atomic mass is 10.1. The molecule has 0 aromatic carbocycles. The van der Waals surface area contributed by atoms with Gasteiger partial charge in [-0.15, -0.1) is 0 Å². The number of aryl methyl sites for hydroxylation is 2. The third kappa shape index (κ3) is 4.48. The number of nitrogens with one attached hydrogen (secondary N) is 1. The van der Waals surface area contributed by atoms with E-state index < -0.39 is 0 Å². The van der Waals surface area contributed by atoms with E-state index in [0.717, 1.165) is 24.7 Å². The minimum absolute atomic E-state index is 0.680. The van der Waals surface area contributed by atoms with Gasteiger partial charge in [-0.2, -0.15) is 0 Å². The predicted octanol–water partition coefficient (Wildman–Crippen LogP) is 1.89. The fourth-order valence-electron chi connectivity index (χ4n) is 2.02. The Labute approximate surface area is 116 Å². The zero-order valence-electron chi connectivity index (χ0n) is 12.5. The maximum Gasteiger partial charge on any atom is 0.218 e. The minimum atomic E-state index is 0.680. The minimum Gasteiger partial charge on any atom is -0.476 e. The lowest BCUT2D eigenvalue weighted by molar-refractivity contribution is 0.251. The largest absolute Gasteiger partial charge is 0.476 e. The molecular weight excluding hydrogens is 238 g/mol. The Morgan fingerprint density at radius 3 is 2.74 bits per heavy atom. The average molecular weight is 263 g/mol. The summed E-state index contributed by atoms with van der Waals surface area (Å²) in [5.74, 6) is 0.799. The van der Waals surface area contributed by atoms with Crippen LogP contribution in [0.2, 0.25) is 0 Å². The molecule has 0 radical (unpaired) electrons. The van der Waals surface area contributed by atoms with Gasteiger partial charge in [-0.05, 0) is 52.4 Å². The monoisotopic (exact) mass is 263 g/mol. The number of nitrogens with zero attached hydrogens (tertiary/aromatic N) is 2. The Bertz CT molecular complexity index is 428. The first-order chi connectivity index (χ1) is 9.06. The molecule has 4 nitrogen and oxygen atoms in total. The zero-order chi connectivity index (χ0) is 13.8. The van der Waals surface area contributed by atoms with Crippen LogP contribution in [0.5, 0.6) is 5.88 Å². The highest BCUT2D eigenvalue weighted by molar-refractivity contribution is 5.36. The molecule has 0 atom stereocenters. The summed E-state index contributed by atoms with van der Waals surface area (Å²) >= 11 is 0. The molecule has 1 fully saturated rings. The Morgan fingerprint density at radius 2 is 2.11 bits per heavy atom. The van der Waals surface area contributed by atoms with Gasteiger partial charge in [0, 0.05) is 30.4 Å². The maximum atomic E-state index is 5.87. The summed E-state index contributed by atoms with van der Waals surface area (Å²) in [5, 5.41) is 3.54. The summed E-state index contributed by atoms with van der Waals surface area (Å²) < 4.78 is 5.87. The average Bonchev–Trinajstić information content (AvgIpc) is 3.11. The van der Waals surface area contributed by atoms with Crippen LogP contribution >= 0.6 is 0 Å². The Hall–Kier alpha value is -1.13. The molecule has 1 aliphatic rings. The topological polar surface area (TPSA) is 37.4 Å². The predicted molar refractivity (Wildman–Crippen MR) is 77.6 cm³/mol. The van der Waals surface area contributed by atoms with E-state index in [2.05, 4.69) is 28.2 Å². The molecule has 19 heavy (non-hydrogen) atoms. The normalized spacial score (nSPS) is 15.0. The molecule has 1 N–H and O–H groups in total. The van der Waals surface area contributed by atoms with Crippen molar-refractivity contribution >= 4 is 0 Å². The van der Waals surface area contributed by atoms with E-state index in [9.17, 15) is 0 Å². The van der Waals surface area contributed by atoms with E-state index >= 15 is 0 Å². The van der Waals surface area contributed by atoms with Crippen LogP contribution < -0.4 is 10.1 Å². The van der Waals surface area contributed by atoms with Gasteiger partial charge in [-0.1, -0.05) is 0 Å². The molecular formula is C15H25N3O. The number of ether oxygens (including phenoxy) is 1. The molecule has 4 heteroatoms. The van der Waals surface area contributed by atoms with Gasteiger partial charge in [-0.3, -0.25) is 0 Å². The molecule has 0 amide bonds. The number of aromatic nitrogens is 1. The van der Waals surface area contributed by atoms with Crippen molar-refractivity contribution in [1.29, 1.82) is 0 Å².